The standard InChI is InChI=1S/C17H26N2O2/c1-17(2,13-19-9-3-4-10-19)12-18-11-14-5-7-15(8-6-14)16(20)21/h5-8,18H,3-4,9-13H2,1-2H3,(H,20,21). The first-order valence-corrected chi connectivity index (χ1v) is 7.72. The summed E-state index contributed by atoms with van der Waals surface area (Å²) in [6, 6.07) is 7.08. The van der Waals surface area contributed by atoms with E-state index in [9.17, 15) is 4.79 Å². The molecule has 0 aromatic heterocycles. The number of benzene rings is 1. The highest BCUT2D eigenvalue weighted by molar-refractivity contribution is 5.87. The molecular formula is C17H26N2O2. The molecule has 1 aromatic carbocycles. The summed E-state index contributed by atoms with van der Waals surface area (Å²) in [5, 5.41) is 12.4. The van der Waals surface area contributed by atoms with Gasteiger partial charge in [-0.2, -0.15) is 0 Å². The molecule has 0 saturated carbocycles. The molecule has 21 heavy (non-hydrogen) atoms. The topological polar surface area (TPSA) is 52.6 Å². The maximum absolute atomic E-state index is 10.8. The zero-order valence-electron chi connectivity index (χ0n) is 13.1. The molecular weight excluding hydrogens is 264 g/mol. The molecule has 0 atom stereocenters. The first kappa shape index (κ1) is 16.0. The molecule has 1 aliphatic heterocycles. The van der Waals surface area contributed by atoms with Gasteiger partial charge in [0.2, 0.25) is 0 Å². The number of carboxylic acids is 1. The van der Waals surface area contributed by atoms with Gasteiger partial charge in [0.05, 0.1) is 5.56 Å². The fraction of sp³-hybridized carbons (Fsp3) is 0.588. The van der Waals surface area contributed by atoms with Gasteiger partial charge < -0.3 is 15.3 Å². The van der Waals surface area contributed by atoms with Crippen molar-refractivity contribution in [1.29, 1.82) is 0 Å². The second-order valence-electron chi connectivity index (χ2n) is 6.75. The van der Waals surface area contributed by atoms with E-state index in [1.807, 2.05) is 12.1 Å². The third kappa shape index (κ3) is 5.14. The summed E-state index contributed by atoms with van der Waals surface area (Å²) < 4.78 is 0. The number of carboxylic acid groups (broad SMARTS) is 1. The van der Waals surface area contributed by atoms with E-state index in [1.165, 1.54) is 25.9 Å². The van der Waals surface area contributed by atoms with Crippen LogP contribution in [0.4, 0.5) is 0 Å². The van der Waals surface area contributed by atoms with Crippen molar-refractivity contribution in [3.05, 3.63) is 35.4 Å². The van der Waals surface area contributed by atoms with Crippen molar-refractivity contribution in [3.8, 4) is 0 Å². The predicted octanol–water partition coefficient (Wildman–Crippen LogP) is 2.60. The third-order valence-electron chi connectivity index (χ3n) is 3.98. The molecule has 1 heterocycles. The quantitative estimate of drug-likeness (QED) is 0.810. The summed E-state index contributed by atoms with van der Waals surface area (Å²) >= 11 is 0. The number of carbonyl (C=O) groups is 1. The summed E-state index contributed by atoms with van der Waals surface area (Å²) in [6.07, 6.45) is 2.67. The third-order valence-corrected chi connectivity index (χ3v) is 3.98. The van der Waals surface area contributed by atoms with Gasteiger partial charge in [0.15, 0.2) is 0 Å². The number of hydrogen-bond donors (Lipinski definition) is 2. The van der Waals surface area contributed by atoms with Gasteiger partial charge in [0.1, 0.15) is 0 Å². The van der Waals surface area contributed by atoms with Crippen molar-refractivity contribution in [1.82, 2.24) is 10.2 Å². The van der Waals surface area contributed by atoms with Gasteiger partial charge >= 0.3 is 5.97 Å². The molecule has 0 spiro atoms. The highest BCUT2D eigenvalue weighted by atomic mass is 16.4. The Balaban J connectivity index is 1.75. The van der Waals surface area contributed by atoms with Crippen molar-refractivity contribution in [2.45, 2.75) is 33.2 Å². The van der Waals surface area contributed by atoms with Crippen LogP contribution in [0.3, 0.4) is 0 Å². The van der Waals surface area contributed by atoms with Crippen LogP contribution in [0.15, 0.2) is 24.3 Å². The molecule has 1 aromatic rings. The number of rotatable bonds is 7. The average Bonchev–Trinajstić information content (AvgIpc) is 2.91. The SMILES string of the molecule is CC(C)(CNCc1ccc(C(=O)O)cc1)CN1CCCC1. The Bertz CT molecular complexity index is 462. The van der Waals surface area contributed by atoms with Crippen LogP contribution in [0, 0.1) is 5.41 Å². The lowest BCUT2D eigenvalue weighted by Gasteiger charge is -2.30. The molecule has 0 radical (unpaired) electrons. The largest absolute Gasteiger partial charge is 0.478 e. The van der Waals surface area contributed by atoms with Crippen LogP contribution in [-0.4, -0.2) is 42.2 Å². The van der Waals surface area contributed by atoms with Gasteiger partial charge in [-0.3, -0.25) is 0 Å². The number of likely N-dealkylation sites (tertiary alicyclic amines) is 1. The van der Waals surface area contributed by atoms with E-state index >= 15 is 0 Å². The molecule has 0 aliphatic carbocycles. The van der Waals surface area contributed by atoms with Crippen LogP contribution in [0.25, 0.3) is 0 Å². The van der Waals surface area contributed by atoms with E-state index in [-0.39, 0.29) is 5.41 Å². The van der Waals surface area contributed by atoms with E-state index < -0.39 is 5.97 Å². The van der Waals surface area contributed by atoms with E-state index in [0.717, 1.165) is 25.2 Å². The molecule has 1 saturated heterocycles. The van der Waals surface area contributed by atoms with E-state index in [2.05, 4.69) is 24.1 Å². The van der Waals surface area contributed by atoms with Crippen molar-refractivity contribution >= 4 is 5.97 Å². The second kappa shape index (κ2) is 7.05. The first-order chi connectivity index (χ1) is 9.96. The minimum atomic E-state index is -0.874. The Hall–Kier alpha value is -1.39. The average molecular weight is 290 g/mol. The molecule has 116 valence electrons. The van der Waals surface area contributed by atoms with Crippen LogP contribution in [0.1, 0.15) is 42.6 Å². The van der Waals surface area contributed by atoms with Crippen LogP contribution in [0.2, 0.25) is 0 Å². The van der Waals surface area contributed by atoms with Crippen LogP contribution in [0.5, 0.6) is 0 Å². The fourth-order valence-corrected chi connectivity index (χ4v) is 2.91. The molecule has 0 unspecified atom stereocenters. The Kier molecular flexibility index (Phi) is 5.37. The van der Waals surface area contributed by atoms with Gasteiger partial charge in [-0.15, -0.1) is 0 Å². The summed E-state index contributed by atoms with van der Waals surface area (Å²) in [6.45, 7) is 9.95. The maximum atomic E-state index is 10.8. The van der Waals surface area contributed by atoms with Crippen molar-refractivity contribution < 1.29 is 9.90 Å². The van der Waals surface area contributed by atoms with Crippen molar-refractivity contribution in [3.63, 3.8) is 0 Å². The Morgan fingerprint density at radius 3 is 2.43 bits per heavy atom. The molecule has 1 fully saturated rings. The second-order valence-corrected chi connectivity index (χ2v) is 6.75. The molecule has 0 amide bonds. The van der Waals surface area contributed by atoms with Crippen molar-refractivity contribution in [2.24, 2.45) is 5.41 Å². The highest BCUT2D eigenvalue weighted by Gasteiger charge is 2.23. The summed E-state index contributed by atoms with van der Waals surface area (Å²) in [4.78, 5) is 13.3. The van der Waals surface area contributed by atoms with Crippen molar-refractivity contribution in [2.75, 3.05) is 26.2 Å². The summed E-state index contributed by atoms with van der Waals surface area (Å²) in [5.41, 5.74) is 1.72. The Morgan fingerprint density at radius 2 is 1.86 bits per heavy atom. The molecule has 2 rings (SSSR count). The minimum Gasteiger partial charge on any atom is -0.478 e. The molecule has 4 heteroatoms. The van der Waals surface area contributed by atoms with Gasteiger partial charge in [-0.1, -0.05) is 26.0 Å². The number of nitrogens with zero attached hydrogens (tertiary/aromatic N) is 1. The monoisotopic (exact) mass is 290 g/mol. The normalized spacial score (nSPS) is 16.3. The number of hydrogen-bond acceptors (Lipinski definition) is 3. The molecule has 2 N–H and O–H groups in total. The highest BCUT2D eigenvalue weighted by Crippen LogP contribution is 2.19. The van der Waals surface area contributed by atoms with Crippen LogP contribution < -0.4 is 5.32 Å². The smallest absolute Gasteiger partial charge is 0.335 e. The van der Waals surface area contributed by atoms with Gasteiger partial charge in [-0.05, 0) is 49.0 Å². The Morgan fingerprint density at radius 1 is 1.24 bits per heavy atom. The molecule has 0 bridgehead atoms. The van der Waals surface area contributed by atoms with Gasteiger partial charge in [-0.25, -0.2) is 4.79 Å². The lowest BCUT2D eigenvalue weighted by molar-refractivity contribution is 0.0697. The van der Waals surface area contributed by atoms with Crippen LogP contribution in [-0.2, 0) is 6.54 Å². The Labute approximate surface area is 127 Å². The lowest BCUT2D eigenvalue weighted by Crippen LogP contribution is -2.39. The first-order valence-electron chi connectivity index (χ1n) is 7.72. The molecule has 4 nitrogen and oxygen atoms in total. The molecule has 1 aliphatic rings. The van der Waals surface area contributed by atoms with E-state index in [1.54, 1.807) is 12.1 Å². The zero-order valence-corrected chi connectivity index (χ0v) is 13.1. The fourth-order valence-electron chi connectivity index (χ4n) is 2.91. The summed E-state index contributed by atoms with van der Waals surface area (Å²) in [7, 11) is 0. The van der Waals surface area contributed by atoms with Crippen LogP contribution >= 0.6 is 0 Å². The zero-order chi connectivity index (χ0) is 15.3. The van der Waals surface area contributed by atoms with Gasteiger partial charge in [0, 0.05) is 19.6 Å². The van der Waals surface area contributed by atoms with E-state index in [0.29, 0.717) is 5.56 Å². The number of aromatic carboxylic acids is 1. The van der Waals surface area contributed by atoms with E-state index in [4.69, 9.17) is 5.11 Å². The number of nitrogens with one attached hydrogen (secondary N) is 1. The lowest BCUT2D eigenvalue weighted by atomic mass is 9.92. The summed E-state index contributed by atoms with van der Waals surface area (Å²) in [5.74, 6) is -0.874. The predicted molar refractivity (Wildman–Crippen MR) is 84.6 cm³/mol. The maximum Gasteiger partial charge on any atom is 0.335 e. The van der Waals surface area contributed by atoms with Gasteiger partial charge in [0.25, 0.3) is 0 Å². The minimum absolute atomic E-state index is 0.255.